The van der Waals surface area contributed by atoms with Gasteiger partial charge in [-0.2, -0.15) is 0 Å². The number of hydrogen-bond acceptors (Lipinski definition) is 2. The first-order valence-corrected chi connectivity index (χ1v) is 6.87. The van der Waals surface area contributed by atoms with Gasteiger partial charge in [-0.1, -0.05) is 31.5 Å². The molecule has 0 bridgehead atoms. The van der Waals surface area contributed by atoms with Gasteiger partial charge in [0, 0.05) is 24.8 Å². The van der Waals surface area contributed by atoms with Crippen LogP contribution in [0.15, 0.2) is 24.8 Å². The lowest BCUT2D eigenvalue weighted by Crippen LogP contribution is -2.27. The second-order valence-electron chi connectivity index (χ2n) is 4.92. The van der Waals surface area contributed by atoms with Gasteiger partial charge < -0.3 is 4.90 Å². The molecule has 1 heterocycles. The van der Waals surface area contributed by atoms with Crippen LogP contribution in [0.3, 0.4) is 0 Å². The Morgan fingerprint density at radius 1 is 1.53 bits per heavy atom. The summed E-state index contributed by atoms with van der Waals surface area (Å²) in [6, 6.07) is 3.45. The summed E-state index contributed by atoms with van der Waals surface area (Å²) in [5, 5.41) is 0.369. The van der Waals surface area contributed by atoms with E-state index in [1.807, 2.05) is 26.0 Å². The number of carbonyl (C=O) groups excluding carboxylic acids is 1. The minimum Gasteiger partial charge on any atom is -0.342 e. The summed E-state index contributed by atoms with van der Waals surface area (Å²) in [6.07, 6.45) is 3.69. The van der Waals surface area contributed by atoms with Crippen LogP contribution in [0.5, 0.6) is 0 Å². The molecule has 0 fully saturated rings. The van der Waals surface area contributed by atoms with Crippen LogP contribution < -0.4 is 0 Å². The maximum atomic E-state index is 12.3. The Balaban J connectivity index is 2.83. The predicted molar refractivity (Wildman–Crippen MR) is 79.7 cm³/mol. The number of rotatable bonds is 6. The number of aromatic nitrogens is 1. The third-order valence-corrected chi connectivity index (χ3v) is 3.09. The fraction of sp³-hybridized carbons (Fsp3) is 0.467. The van der Waals surface area contributed by atoms with E-state index < -0.39 is 0 Å². The number of unbranched alkanes of at least 4 members (excludes halogenated alkanes) is 1. The zero-order valence-corrected chi connectivity index (χ0v) is 12.6. The Kier molecular flexibility index (Phi) is 6.03. The third-order valence-electron chi connectivity index (χ3n) is 2.90. The molecule has 1 rings (SSSR count). The van der Waals surface area contributed by atoms with Gasteiger partial charge in [-0.3, -0.25) is 4.79 Å². The highest BCUT2D eigenvalue weighted by Gasteiger charge is 2.14. The molecule has 1 aromatic rings. The zero-order chi connectivity index (χ0) is 14.4. The number of nitrogens with zero attached hydrogens (tertiary/aromatic N) is 2. The van der Waals surface area contributed by atoms with Gasteiger partial charge in [-0.15, -0.1) is 6.58 Å². The lowest BCUT2D eigenvalue weighted by Gasteiger charge is -2.17. The summed E-state index contributed by atoms with van der Waals surface area (Å²) in [5.41, 5.74) is 1.44. The molecule has 0 aliphatic heterocycles. The molecule has 19 heavy (non-hydrogen) atoms. The molecule has 0 aromatic carbocycles. The van der Waals surface area contributed by atoms with E-state index in [0.717, 1.165) is 18.5 Å². The Hall–Kier alpha value is -1.35. The second kappa shape index (κ2) is 7.29. The normalized spacial score (nSPS) is 10.6. The number of carbonyl (C=O) groups is 1. The van der Waals surface area contributed by atoms with Crippen LogP contribution >= 0.6 is 11.6 Å². The summed E-state index contributed by atoms with van der Waals surface area (Å²) >= 11 is 5.97. The minimum absolute atomic E-state index is 0.0183. The summed E-state index contributed by atoms with van der Waals surface area (Å²) in [7, 11) is 1.80. The van der Waals surface area contributed by atoms with E-state index in [1.165, 1.54) is 0 Å². The molecular formula is C15H21ClN2O. The van der Waals surface area contributed by atoms with Crippen LogP contribution in [-0.4, -0.2) is 29.4 Å². The van der Waals surface area contributed by atoms with Gasteiger partial charge in [0.1, 0.15) is 5.15 Å². The Bertz CT molecular complexity index is 457. The maximum absolute atomic E-state index is 12.3. The summed E-state index contributed by atoms with van der Waals surface area (Å²) in [6.45, 7) is 8.44. The van der Waals surface area contributed by atoms with Gasteiger partial charge in [0.05, 0.1) is 0 Å². The van der Waals surface area contributed by atoms with Crippen LogP contribution in [0, 0.1) is 0 Å². The van der Waals surface area contributed by atoms with Crippen LogP contribution in [0.4, 0.5) is 0 Å². The third kappa shape index (κ3) is 4.67. The molecule has 1 amide bonds. The number of hydrogen-bond donors (Lipinski definition) is 0. The highest BCUT2D eigenvalue weighted by Crippen LogP contribution is 2.18. The topological polar surface area (TPSA) is 33.2 Å². The number of amides is 1. The SMILES string of the molecule is C=CCCCN(C)C(=O)c1cc(Cl)nc(C(C)C)c1. The molecule has 0 aliphatic rings. The highest BCUT2D eigenvalue weighted by molar-refractivity contribution is 6.29. The molecular weight excluding hydrogens is 260 g/mol. The maximum Gasteiger partial charge on any atom is 0.253 e. The lowest BCUT2D eigenvalue weighted by molar-refractivity contribution is 0.0793. The van der Waals surface area contributed by atoms with Crippen LogP contribution in [0.25, 0.3) is 0 Å². The molecule has 4 heteroatoms. The van der Waals surface area contributed by atoms with E-state index in [1.54, 1.807) is 18.0 Å². The summed E-state index contributed by atoms with van der Waals surface area (Å²) < 4.78 is 0. The van der Waals surface area contributed by atoms with Gasteiger partial charge in [0.2, 0.25) is 0 Å². The highest BCUT2D eigenvalue weighted by atomic mass is 35.5. The second-order valence-corrected chi connectivity index (χ2v) is 5.30. The molecule has 0 saturated heterocycles. The van der Waals surface area contributed by atoms with Crippen molar-refractivity contribution in [3.8, 4) is 0 Å². The molecule has 1 aromatic heterocycles. The Morgan fingerprint density at radius 3 is 2.79 bits per heavy atom. The molecule has 3 nitrogen and oxygen atoms in total. The zero-order valence-electron chi connectivity index (χ0n) is 11.8. The molecule has 0 N–H and O–H groups in total. The van der Waals surface area contributed by atoms with Crippen molar-refractivity contribution in [3.05, 3.63) is 41.2 Å². The standard InChI is InChI=1S/C15H21ClN2O/c1-5-6-7-8-18(4)15(19)12-9-13(11(2)3)17-14(16)10-12/h5,9-11H,1,6-8H2,2-4H3. The van der Waals surface area contributed by atoms with Crippen molar-refractivity contribution in [2.45, 2.75) is 32.6 Å². The monoisotopic (exact) mass is 280 g/mol. The van der Waals surface area contributed by atoms with Crippen molar-refractivity contribution in [3.63, 3.8) is 0 Å². The lowest BCUT2D eigenvalue weighted by atomic mass is 10.1. The first kappa shape index (κ1) is 15.7. The van der Waals surface area contributed by atoms with Crippen molar-refractivity contribution >= 4 is 17.5 Å². The molecule has 0 spiro atoms. The van der Waals surface area contributed by atoms with Gasteiger partial charge in [0.25, 0.3) is 5.91 Å². The minimum atomic E-state index is -0.0183. The fourth-order valence-corrected chi connectivity index (χ4v) is 1.95. The van der Waals surface area contributed by atoms with Crippen LogP contribution in [-0.2, 0) is 0 Å². The Labute approximate surface area is 120 Å². The van der Waals surface area contributed by atoms with Crippen molar-refractivity contribution in [1.82, 2.24) is 9.88 Å². The number of pyridine rings is 1. The van der Waals surface area contributed by atoms with Crippen LogP contribution in [0.2, 0.25) is 5.15 Å². The summed E-state index contributed by atoms with van der Waals surface area (Å²) in [4.78, 5) is 18.2. The largest absolute Gasteiger partial charge is 0.342 e. The average Bonchev–Trinajstić information content (AvgIpc) is 2.37. The van der Waals surface area contributed by atoms with E-state index >= 15 is 0 Å². The van der Waals surface area contributed by atoms with Gasteiger partial charge in [-0.05, 0) is 30.9 Å². The first-order chi connectivity index (χ1) is 8.95. The number of allylic oxidation sites excluding steroid dienone is 1. The fourth-order valence-electron chi connectivity index (χ4n) is 1.73. The molecule has 0 unspecified atom stereocenters. The molecule has 0 atom stereocenters. The smallest absolute Gasteiger partial charge is 0.253 e. The quantitative estimate of drug-likeness (QED) is 0.450. The van der Waals surface area contributed by atoms with Crippen molar-refractivity contribution < 1.29 is 4.79 Å². The van der Waals surface area contributed by atoms with Crippen LogP contribution in [0.1, 0.15) is 48.7 Å². The average molecular weight is 281 g/mol. The van der Waals surface area contributed by atoms with E-state index in [2.05, 4.69) is 11.6 Å². The Morgan fingerprint density at radius 2 is 2.21 bits per heavy atom. The summed E-state index contributed by atoms with van der Waals surface area (Å²) in [5.74, 6) is 0.228. The van der Waals surface area contributed by atoms with E-state index in [9.17, 15) is 4.79 Å². The molecule has 0 aliphatic carbocycles. The first-order valence-electron chi connectivity index (χ1n) is 6.49. The van der Waals surface area contributed by atoms with Crippen molar-refractivity contribution in [1.29, 1.82) is 0 Å². The van der Waals surface area contributed by atoms with Gasteiger partial charge in [0.15, 0.2) is 0 Å². The van der Waals surface area contributed by atoms with Gasteiger partial charge >= 0.3 is 0 Å². The molecule has 104 valence electrons. The van der Waals surface area contributed by atoms with E-state index in [-0.39, 0.29) is 11.8 Å². The number of halogens is 1. The molecule has 0 radical (unpaired) electrons. The van der Waals surface area contributed by atoms with Gasteiger partial charge in [-0.25, -0.2) is 4.98 Å². The predicted octanol–water partition coefficient (Wildman–Crippen LogP) is 3.90. The van der Waals surface area contributed by atoms with E-state index in [0.29, 0.717) is 17.3 Å². The van der Waals surface area contributed by atoms with Crippen molar-refractivity contribution in [2.75, 3.05) is 13.6 Å². The molecule has 0 saturated carbocycles. The van der Waals surface area contributed by atoms with Crippen molar-refractivity contribution in [2.24, 2.45) is 0 Å². The van der Waals surface area contributed by atoms with E-state index in [4.69, 9.17) is 11.6 Å².